The summed E-state index contributed by atoms with van der Waals surface area (Å²) in [5.74, 6) is 0.306. The van der Waals surface area contributed by atoms with E-state index in [2.05, 4.69) is 53.8 Å². The Balaban J connectivity index is 2.30. The van der Waals surface area contributed by atoms with Crippen LogP contribution >= 0.6 is 15.9 Å². The number of hydrogen-bond acceptors (Lipinski definition) is 3. The number of aliphatic carboxylic acids is 1. The normalized spacial score (nSPS) is 11.6. The molecule has 28 heavy (non-hydrogen) atoms. The molecular formula is C22H24BrNO4. The lowest BCUT2D eigenvalue weighted by Gasteiger charge is -2.19. The molecule has 0 spiro atoms. The third kappa shape index (κ3) is 3.74. The largest absolute Gasteiger partial charge is 0.493 e. The van der Waals surface area contributed by atoms with Crippen molar-refractivity contribution in [1.82, 2.24) is 4.98 Å². The standard InChI is InChI=1S/C22H24BrNO4/c1-22(2,3)12-6-7-17-13(8-12)14(10-20(25)26)21(24-17)15-9-18(27-4)19(28-5)11-16(15)23/h6-9,11,24H,10H2,1-5H3,(H,25,26). The smallest absolute Gasteiger partial charge is 0.307 e. The zero-order chi connectivity index (χ0) is 20.6. The number of rotatable bonds is 5. The van der Waals surface area contributed by atoms with Crippen LogP contribution in [0.25, 0.3) is 22.2 Å². The molecule has 0 radical (unpaired) electrons. The Morgan fingerprint density at radius 3 is 2.32 bits per heavy atom. The van der Waals surface area contributed by atoms with Gasteiger partial charge in [0.05, 0.1) is 26.3 Å². The molecule has 0 fully saturated rings. The molecule has 1 heterocycles. The SMILES string of the molecule is COc1cc(Br)c(-c2[nH]c3ccc(C(C)(C)C)cc3c2CC(=O)O)cc1OC. The molecule has 1 aromatic heterocycles. The first-order valence-corrected chi connectivity index (χ1v) is 9.73. The van der Waals surface area contributed by atoms with Gasteiger partial charge in [0.25, 0.3) is 0 Å². The van der Waals surface area contributed by atoms with E-state index in [-0.39, 0.29) is 11.8 Å². The van der Waals surface area contributed by atoms with Crippen molar-refractivity contribution in [2.45, 2.75) is 32.6 Å². The lowest BCUT2D eigenvalue weighted by molar-refractivity contribution is -0.136. The number of fused-ring (bicyclic) bond motifs is 1. The molecule has 5 nitrogen and oxygen atoms in total. The van der Waals surface area contributed by atoms with E-state index in [1.807, 2.05) is 18.2 Å². The molecule has 0 bridgehead atoms. The average molecular weight is 446 g/mol. The molecule has 3 aromatic rings. The zero-order valence-corrected chi connectivity index (χ0v) is 18.2. The quantitative estimate of drug-likeness (QED) is 0.540. The van der Waals surface area contributed by atoms with Gasteiger partial charge in [-0.1, -0.05) is 26.8 Å². The van der Waals surface area contributed by atoms with Gasteiger partial charge < -0.3 is 19.6 Å². The molecule has 0 aliphatic heterocycles. The van der Waals surface area contributed by atoms with E-state index in [0.717, 1.165) is 37.8 Å². The summed E-state index contributed by atoms with van der Waals surface area (Å²) in [7, 11) is 3.16. The molecule has 0 saturated carbocycles. The summed E-state index contributed by atoms with van der Waals surface area (Å²) in [6.07, 6.45) is -0.0796. The fraction of sp³-hybridized carbons (Fsp3) is 0.318. The van der Waals surface area contributed by atoms with E-state index in [9.17, 15) is 9.90 Å². The highest BCUT2D eigenvalue weighted by Crippen LogP contribution is 2.41. The first kappa shape index (κ1) is 20.3. The van der Waals surface area contributed by atoms with Crippen LogP contribution in [0.3, 0.4) is 0 Å². The maximum atomic E-state index is 11.6. The van der Waals surface area contributed by atoms with Gasteiger partial charge in [0.1, 0.15) is 0 Å². The molecule has 148 valence electrons. The van der Waals surface area contributed by atoms with Crippen molar-refractivity contribution in [1.29, 1.82) is 0 Å². The third-order valence-corrected chi connectivity index (χ3v) is 5.50. The number of halogens is 1. The van der Waals surface area contributed by atoms with E-state index < -0.39 is 5.97 Å². The molecule has 0 aliphatic rings. The molecule has 3 rings (SSSR count). The van der Waals surface area contributed by atoms with Crippen molar-refractivity contribution < 1.29 is 19.4 Å². The Labute approximate surface area is 172 Å². The van der Waals surface area contributed by atoms with Crippen molar-refractivity contribution in [2.24, 2.45) is 0 Å². The topological polar surface area (TPSA) is 71.6 Å². The summed E-state index contributed by atoms with van der Waals surface area (Å²) in [6.45, 7) is 6.43. The summed E-state index contributed by atoms with van der Waals surface area (Å²) in [5, 5.41) is 10.4. The Kier molecular flexibility index (Phi) is 5.44. The monoisotopic (exact) mass is 445 g/mol. The number of aromatic amines is 1. The number of benzene rings is 2. The highest BCUT2D eigenvalue weighted by molar-refractivity contribution is 9.10. The highest BCUT2D eigenvalue weighted by Gasteiger charge is 2.22. The lowest BCUT2D eigenvalue weighted by atomic mass is 9.86. The van der Waals surface area contributed by atoms with Crippen molar-refractivity contribution >= 4 is 32.8 Å². The van der Waals surface area contributed by atoms with Gasteiger partial charge in [0.2, 0.25) is 0 Å². The predicted octanol–water partition coefficient (Wildman–Crippen LogP) is 5.54. The Hall–Kier alpha value is -2.47. The second-order valence-electron chi connectivity index (χ2n) is 7.75. The molecule has 0 atom stereocenters. The predicted molar refractivity (Wildman–Crippen MR) is 115 cm³/mol. The van der Waals surface area contributed by atoms with Gasteiger partial charge in [-0.15, -0.1) is 0 Å². The van der Waals surface area contributed by atoms with E-state index in [0.29, 0.717) is 11.5 Å². The summed E-state index contributed by atoms with van der Waals surface area (Å²) < 4.78 is 11.6. The van der Waals surface area contributed by atoms with Crippen molar-refractivity contribution in [2.75, 3.05) is 14.2 Å². The second kappa shape index (κ2) is 7.51. The van der Waals surface area contributed by atoms with Gasteiger partial charge in [-0.25, -0.2) is 0 Å². The number of carboxylic acids is 1. The van der Waals surface area contributed by atoms with Gasteiger partial charge in [0.15, 0.2) is 11.5 Å². The Bertz CT molecular complexity index is 1050. The van der Waals surface area contributed by atoms with Crippen molar-refractivity contribution in [3.05, 3.63) is 45.9 Å². The molecule has 6 heteroatoms. The fourth-order valence-electron chi connectivity index (χ4n) is 3.32. The van der Waals surface area contributed by atoms with Gasteiger partial charge in [-0.2, -0.15) is 0 Å². The van der Waals surface area contributed by atoms with Crippen molar-refractivity contribution in [3.63, 3.8) is 0 Å². The van der Waals surface area contributed by atoms with Crippen LogP contribution in [0.5, 0.6) is 11.5 Å². The van der Waals surface area contributed by atoms with Crippen LogP contribution in [0.2, 0.25) is 0 Å². The second-order valence-corrected chi connectivity index (χ2v) is 8.60. The molecular weight excluding hydrogens is 422 g/mol. The van der Waals surface area contributed by atoms with E-state index in [1.165, 1.54) is 0 Å². The van der Waals surface area contributed by atoms with Gasteiger partial charge in [-0.3, -0.25) is 4.79 Å². The van der Waals surface area contributed by atoms with E-state index >= 15 is 0 Å². The highest BCUT2D eigenvalue weighted by atomic mass is 79.9. The molecule has 0 aliphatic carbocycles. The number of ether oxygens (including phenoxy) is 2. The maximum absolute atomic E-state index is 11.6. The summed E-state index contributed by atoms with van der Waals surface area (Å²) in [6, 6.07) is 9.85. The molecule has 2 N–H and O–H groups in total. The zero-order valence-electron chi connectivity index (χ0n) is 16.6. The lowest BCUT2D eigenvalue weighted by Crippen LogP contribution is -2.10. The van der Waals surface area contributed by atoms with Crippen LogP contribution in [0.15, 0.2) is 34.8 Å². The number of carbonyl (C=O) groups is 1. The van der Waals surface area contributed by atoms with Gasteiger partial charge in [-0.05, 0) is 56.7 Å². The molecule has 0 unspecified atom stereocenters. The number of methoxy groups -OCH3 is 2. The first-order valence-electron chi connectivity index (χ1n) is 8.94. The van der Waals surface area contributed by atoms with E-state index in [4.69, 9.17) is 9.47 Å². The number of H-pyrrole nitrogens is 1. The number of carboxylic acid groups (broad SMARTS) is 1. The first-order chi connectivity index (χ1) is 13.2. The Morgan fingerprint density at radius 1 is 1.11 bits per heavy atom. The summed E-state index contributed by atoms with van der Waals surface area (Å²) >= 11 is 3.59. The molecule has 0 amide bonds. The van der Waals surface area contributed by atoms with Gasteiger partial charge in [0, 0.05) is 20.9 Å². The van der Waals surface area contributed by atoms with Crippen LogP contribution in [-0.4, -0.2) is 30.3 Å². The van der Waals surface area contributed by atoms with Crippen LogP contribution in [0.4, 0.5) is 0 Å². The maximum Gasteiger partial charge on any atom is 0.307 e. The van der Waals surface area contributed by atoms with Crippen LogP contribution in [0.1, 0.15) is 31.9 Å². The summed E-state index contributed by atoms with van der Waals surface area (Å²) in [5.41, 5.74) is 4.36. The molecule has 2 aromatic carbocycles. The van der Waals surface area contributed by atoms with Crippen LogP contribution in [0, 0.1) is 0 Å². The fourth-order valence-corrected chi connectivity index (χ4v) is 3.85. The van der Waals surface area contributed by atoms with Crippen LogP contribution < -0.4 is 9.47 Å². The minimum Gasteiger partial charge on any atom is -0.493 e. The number of aromatic nitrogens is 1. The van der Waals surface area contributed by atoms with Crippen molar-refractivity contribution in [3.8, 4) is 22.8 Å². The Morgan fingerprint density at radius 2 is 1.75 bits per heavy atom. The van der Waals surface area contributed by atoms with Gasteiger partial charge >= 0.3 is 5.97 Å². The number of nitrogens with one attached hydrogen (secondary N) is 1. The van der Waals surface area contributed by atoms with E-state index in [1.54, 1.807) is 14.2 Å². The van der Waals surface area contributed by atoms with Crippen LogP contribution in [-0.2, 0) is 16.6 Å². The number of hydrogen-bond donors (Lipinski definition) is 2. The molecule has 0 saturated heterocycles. The third-order valence-electron chi connectivity index (χ3n) is 4.84. The minimum absolute atomic E-state index is 0.0317. The minimum atomic E-state index is -0.875. The summed E-state index contributed by atoms with van der Waals surface area (Å²) in [4.78, 5) is 15.0. The average Bonchev–Trinajstić information content (AvgIpc) is 2.97.